The zero-order valence-corrected chi connectivity index (χ0v) is 7.59. The molecule has 1 aromatic carbocycles. The zero-order chi connectivity index (χ0) is 8.81. The first-order valence-electron chi connectivity index (χ1n) is 4.42. The Balaban J connectivity index is 2.53. The van der Waals surface area contributed by atoms with Crippen LogP contribution in [0.5, 0.6) is 5.75 Å². The standard InChI is InChI=1S/C11H16O/c1-3-4-5-10-6-8-11(12-2)9-7-10/h6-9,12H,2-5H2,1H3. The van der Waals surface area contributed by atoms with Crippen molar-refractivity contribution >= 4 is 0 Å². The number of hydrogen-bond donors (Lipinski definition) is 0. The highest BCUT2D eigenvalue weighted by atomic mass is 16.5. The topological polar surface area (TPSA) is 12.8 Å². The lowest BCUT2D eigenvalue weighted by molar-refractivity contribution is 0.186. The van der Waals surface area contributed by atoms with Crippen LogP contribution in [0.3, 0.4) is 0 Å². The summed E-state index contributed by atoms with van der Waals surface area (Å²) < 4.78 is 3.84. The summed E-state index contributed by atoms with van der Waals surface area (Å²) >= 11 is 0. The largest absolute Gasteiger partial charge is 0.722 e. The molecule has 1 heteroatoms. The van der Waals surface area contributed by atoms with Crippen molar-refractivity contribution in [2.75, 3.05) is 0 Å². The van der Waals surface area contributed by atoms with Crippen molar-refractivity contribution in [3.05, 3.63) is 36.9 Å². The van der Waals surface area contributed by atoms with Gasteiger partial charge in [0.1, 0.15) is 0 Å². The van der Waals surface area contributed by atoms with E-state index in [0.29, 0.717) is 0 Å². The van der Waals surface area contributed by atoms with Crippen LogP contribution in [0, 0.1) is 7.11 Å². The van der Waals surface area contributed by atoms with E-state index in [1.54, 1.807) is 0 Å². The van der Waals surface area contributed by atoms with E-state index >= 15 is 0 Å². The van der Waals surface area contributed by atoms with Crippen LogP contribution in [0.2, 0.25) is 0 Å². The van der Waals surface area contributed by atoms with Gasteiger partial charge in [0.15, 0.2) is 0 Å². The molecule has 1 rings (SSSR count). The summed E-state index contributed by atoms with van der Waals surface area (Å²) in [5, 5.41) is 0. The molecule has 1 nitrogen and oxygen atoms in total. The SMILES string of the molecule is [CH2-][OH+]c1ccc(CCCC)cc1. The minimum atomic E-state index is 0.954. The average molecular weight is 164 g/mol. The number of rotatable bonds is 4. The van der Waals surface area contributed by atoms with Gasteiger partial charge in [-0.1, -0.05) is 25.5 Å². The van der Waals surface area contributed by atoms with Crippen LogP contribution in [0.4, 0.5) is 0 Å². The highest BCUT2D eigenvalue weighted by molar-refractivity contribution is 5.26. The average Bonchev–Trinajstić information content (AvgIpc) is 2.15. The summed E-state index contributed by atoms with van der Waals surface area (Å²) in [6.07, 6.45) is 3.69. The van der Waals surface area contributed by atoms with Gasteiger partial charge in [0, 0.05) is 12.1 Å². The number of aryl methyl sites for hydroxylation is 1. The molecular weight excluding hydrogens is 148 g/mol. The lowest BCUT2D eigenvalue weighted by Gasteiger charge is -2.03. The molecule has 0 aliphatic rings. The van der Waals surface area contributed by atoms with E-state index in [4.69, 9.17) is 0 Å². The van der Waals surface area contributed by atoms with Crippen LogP contribution in [-0.2, 0) is 6.42 Å². The molecule has 0 amide bonds. The third-order valence-electron chi connectivity index (χ3n) is 1.94. The van der Waals surface area contributed by atoms with Gasteiger partial charge in [-0.3, -0.25) is 0 Å². The Morgan fingerprint density at radius 2 is 1.92 bits per heavy atom. The lowest BCUT2D eigenvalue weighted by atomic mass is 10.1. The Hall–Kier alpha value is -0.980. The molecule has 0 bridgehead atoms. The highest BCUT2D eigenvalue weighted by Gasteiger charge is 1.94. The van der Waals surface area contributed by atoms with Crippen molar-refractivity contribution in [3.63, 3.8) is 0 Å². The van der Waals surface area contributed by atoms with Gasteiger partial charge >= 0.3 is 0 Å². The fourth-order valence-corrected chi connectivity index (χ4v) is 1.15. The normalized spacial score (nSPS) is 9.83. The van der Waals surface area contributed by atoms with Gasteiger partial charge < -0.3 is 4.74 Å². The third kappa shape index (κ3) is 2.57. The Kier molecular flexibility index (Phi) is 3.65. The van der Waals surface area contributed by atoms with Gasteiger partial charge in [0.2, 0.25) is 5.75 Å². The van der Waals surface area contributed by atoms with Crippen molar-refractivity contribution in [2.45, 2.75) is 26.2 Å². The second-order valence-corrected chi connectivity index (χ2v) is 2.93. The van der Waals surface area contributed by atoms with Crippen LogP contribution in [0.15, 0.2) is 24.3 Å². The van der Waals surface area contributed by atoms with Crippen LogP contribution < -0.4 is 0 Å². The van der Waals surface area contributed by atoms with E-state index in [0.717, 1.165) is 5.75 Å². The fraction of sp³-hybridized carbons (Fsp3) is 0.364. The molecule has 0 aromatic heterocycles. The molecule has 0 radical (unpaired) electrons. The van der Waals surface area contributed by atoms with E-state index in [-0.39, 0.29) is 0 Å². The summed E-state index contributed by atoms with van der Waals surface area (Å²) in [6, 6.07) is 8.27. The zero-order valence-electron chi connectivity index (χ0n) is 7.59. The minimum absolute atomic E-state index is 0.954. The van der Waals surface area contributed by atoms with E-state index in [1.165, 1.54) is 24.8 Å². The fourth-order valence-electron chi connectivity index (χ4n) is 1.15. The summed E-state index contributed by atoms with van der Waals surface area (Å²) in [5.41, 5.74) is 1.39. The van der Waals surface area contributed by atoms with Crippen molar-refractivity contribution in [3.8, 4) is 5.75 Å². The molecule has 66 valence electrons. The number of ether oxygens (including phenoxy) is 1. The first-order valence-corrected chi connectivity index (χ1v) is 4.42. The molecule has 1 N–H and O–H groups in total. The van der Waals surface area contributed by atoms with Crippen molar-refractivity contribution in [1.29, 1.82) is 0 Å². The van der Waals surface area contributed by atoms with Gasteiger partial charge in [0.05, 0.1) is 0 Å². The van der Waals surface area contributed by atoms with Crippen molar-refractivity contribution in [2.24, 2.45) is 0 Å². The first kappa shape index (κ1) is 9.11. The molecule has 0 saturated heterocycles. The number of aromatic hydroxyl groups is 1. The van der Waals surface area contributed by atoms with Gasteiger partial charge in [-0.15, -0.1) is 0 Å². The third-order valence-corrected chi connectivity index (χ3v) is 1.94. The monoisotopic (exact) mass is 164 g/mol. The minimum Gasteiger partial charge on any atom is -0.722 e. The maximum absolute atomic E-state index is 3.84. The lowest BCUT2D eigenvalue weighted by Crippen LogP contribution is -1.83. The maximum Gasteiger partial charge on any atom is 0.225 e. The van der Waals surface area contributed by atoms with E-state index in [1.807, 2.05) is 12.1 Å². The van der Waals surface area contributed by atoms with E-state index in [2.05, 4.69) is 30.9 Å². The molecule has 0 saturated carbocycles. The summed E-state index contributed by atoms with van der Waals surface area (Å²) in [6.45, 7) is 2.21. The molecule has 0 heterocycles. The van der Waals surface area contributed by atoms with Gasteiger partial charge in [-0.2, -0.15) is 0 Å². The van der Waals surface area contributed by atoms with Crippen LogP contribution in [0.1, 0.15) is 25.3 Å². The summed E-state index contributed by atoms with van der Waals surface area (Å²) in [5.74, 6) is 0.954. The Labute approximate surface area is 74.4 Å². The highest BCUT2D eigenvalue weighted by Crippen LogP contribution is 2.13. The van der Waals surface area contributed by atoms with Crippen LogP contribution in [-0.4, -0.2) is 4.74 Å². The number of hydrogen-bond acceptors (Lipinski definition) is 0. The first-order chi connectivity index (χ1) is 5.86. The van der Waals surface area contributed by atoms with Crippen LogP contribution >= 0.6 is 0 Å². The second kappa shape index (κ2) is 4.81. The molecule has 1 aromatic rings. The molecule has 12 heavy (non-hydrogen) atoms. The van der Waals surface area contributed by atoms with E-state index < -0.39 is 0 Å². The van der Waals surface area contributed by atoms with E-state index in [9.17, 15) is 0 Å². The smallest absolute Gasteiger partial charge is 0.225 e. The quantitative estimate of drug-likeness (QED) is 0.479. The number of aliphatic hydroxyl groups is 1. The predicted octanol–water partition coefficient (Wildman–Crippen LogP) is 3.06. The molecule has 0 unspecified atom stereocenters. The van der Waals surface area contributed by atoms with Gasteiger partial charge in [-0.25, -0.2) is 0 Å². The van der Waals surface area contributed by atoms with Crippen molar-refractivity contribution < 1.29 is 4.74 Å². The Bertz CT molecular complexity index is 213. The van der Waals surface area contributed by atoms with Crippen LogP contribution in [0.25, 0.3) is 0 Å². The molecule has 0 spiro atoms. The Morgan fingerprint density at radius 1 is 1.25 bits per heavy atom. The molecule has 0 aliphatic carbocycles. The molecule has 0 fully saturated rings. The Morgan fingerprint density at radius 3 is 2.42 bits per heavy atom. The number of unbranched alkanes of at least 4 members (excludes halogenated alkanes) is 1. The predicted molar refractivity (Wildman–Crippen MR) is 52.1 cm³/mol. The second-order valence-electron chi connectivity index (χ2n) is 2.93. The molecule has 0 atom stereocenters. The molecule has 0 aliphatic heterocycles. The van der Waals surface area contributed by atoms with Gasteiger partial charge in [0.25, 0.3) is 0 Å². The van der Waals surface area contributed by atoms with Gasteiger partial charge in [-0.05, 0) is 25.5 Å². The number of benzene rings is 1. The molecular formula is C11H16O. The van der Waals surface area contributed by atoms with Crippen molar-refractivity contribution in [1.82, 2.24) is 0 Å². The summed E-state index contributed by atoms with van der Waals surface area (Å²) in [4.78, 5) is 0. The maximum atomic E-state index is 3.84. The summed E-state index contributed by atoms with van der Waals surface area (Å²) in [7, 11) is 3.47.